The fourth-order valence-electron chi connectivity index (χ4n) is 1.64. The third-order valence-corrected chi connectivity index (χ3v) is 2.35. The Hall–Kier alpha value is -0.524. The maximum absolute atomic E-state index is 11.1. The van der Waals surface area contributed by atoms with Crippen molar-refractivity contribution in [3.63, 3.8) is 0 Å². The molecule has 0 heterocycles. The molecule has 16 heavy (non-hydrogen) atoms. The van der Waals surface area contributed by atoms with E-state index in [0.29, 0.717) is 11.8 Å². The van der Waals surface area contributed by atoms with Gasteiger partial charge in [-0.15, -0.1) is 0 Å². The summed E-state index contributed by atoms with van der Waals surface area (Å²) in [5.41, 5.74) is 5.81. The molecule has 2 N–H and O–H groups in total. The molecule has 1 amide bonds. The van der Waals surface area contributed by atoms with Gasteiger partial charge in [0.25, 0.3) is 0 Å². The van der Waals surface area contributed by atoms with Gasteiger partial charge in [-0.3, -0.25) is 9.59 Å². The van der Waals surface area contributed by atoms with Crippen molar-refractivity contribution in [2.24, 2.45) is 5.73 Å². The minimum Gasteiger partial charge on any atom is -1.00 e. The molecule has 0 unspecified atom stereocenters. The summed E-state index contributed by atoms with van der Waals surface area (Å²) >= 11 is 0. The topological polar surface area (TPSA) is 60.2 Å². The Balaban J connectivity index is 0.00000128. The summed E-state index contributed by atoms with van der Waals surface area (Å²) in [6.07, 6.45) is 0.669. The van der Waals surface area contributed by atoms with Crippen LogP contribution in [0, 0.1) is 0 Å². The van der Waals surface area contributed by atoms with Gasteiger partial charge in [0.05, 0.1) is 5.56 Å². The molecule has 2 rings (SSSR count). The first-order valence-corrected chi connectivity index (χ1v) is 4.51. The third kappa shape index (κ3) is 2.41. The standard InChI is InChI=1S/C12H9NO2.K.H/c13-12(15)10-6-5-8-3-1-2-4-9(8)11(10)7-14;;/h1-7H,(H2,13,15);;/q;+1;-1. The largest absolute Gasteiger partial charge is 1.00 e. The second-order valence-corrected chi connectivity index (χ2v) is 3.23. The molecule has 0 spiro atoms. The van der Waals surface area contributed by atoms with Crippen LogP contribution in [0.5, 0.6) is 0 Å². The zero-order chi connectivity index (χ0) is 10.8. The minimum atomic E-state index is -0.581. The quantitative estimate of drug-likeness (QED) is 0.532. The number of carbonyl (C=O) groups is 2. The SMILES string of the molecule is NC(=O)c1ccc2ccccc2c1C=O.[H-].[K+]. The Morgan fingerprint density at radius 1 is 1.19 bits per heavy atom. The van der Waals surface area contributed by atoms with E-state index >= 15 is 0 Å². The van der Waals surface area contributed by atoms with Crippen LogP contribution in [0.1, 0.15) is 22.1 Å². The summed E-state index contributed by atoms with van der Waals surface area (Å²) in [6, 6.07) is 10.7. The normalized spacial score (nSPS) is 9.50. The Labute approximate surface area is 137 Å². The van der Waals surface area contributed by atoms with Crippen LogP contribution in [0.25, 0.3) is 10.8 Å². The molecule has 2 aromatic carbocycles. The van der Waals surface area contributed by atoms with Crippen LogP contribution < -0.4 is 57.1 Å². The molecule has 3 nitrogen and oxygen atoms in total. The van der Waals surface area contributed by atoms with Crippen molar-refractivity contribution in [1.82, 2.24) is 0 Å². The summed E-state index contributed by atoms with van der Waals surface area (Å²) in [7, 11) is 0. The molecule has 0 aliphatic heterocycles. The second-order valence-electron chi connectivity index (χ2n) is 3.23. The smallest absolute Gasteiger partial charge is 1.00 e. The first-order valence-electron chi connectivity index (χ1n) is 4.51. The number of hydrogen-bond acceptors (Lipinski definition) is 2. The van der Waals surface area contributed by atoms with Gasteiger partial charge in [-0.2, -0.15) is 0 Å². The molecule has 0 atom stereocenters. The van der Waals surface area contributed by atoms with Crippen molar-refractivity contribution >= 4 is 23.0 Å². The van der Waals surface area contributed by atoms with E-state index in [1.807, 2.05) is 18.2 Å². The molecule has 0 radical (unpaired) electrons. The van der Waals surface area contributed by atoms with Gasteiger partial charge >= 0.3 is 51.4 Å². The van der Waals surface area contributed by atoms with Gasteiger partial charge in [-0.1, -0.05) is 30.3 Å². The van der Waals surface area contributed by atoms with E-state index in [-0.39, 0.29) is 58.4 Å². The average Bonchev–Trinajstić information content (AvgIpc) is 2.27. The molecular weight excluding hydrogens is 229 g/mol. The Kier molecular flexibility index (Phi) is 4.82. The molecule has 0 aliphatic carbocycles. The van der Waals surface area contributed by atoms with E-state index in [1.54, 1.807) is 18.2 Å². The number of fused-ring (bicyclic) bond motifs is 1. The van der Waals surface area contributed by atoms with Crippen LogP contribution in [0.2, 0.25) is 0 Å². The van der Waals surface area contributed by atoms with Crippen LogP contribution >= 0.6 is 0 Å². The number of aldehydes is 1. The number of benzene rings is 2. The molecule has 0 saturated carbocycles. The molecule has 0 aliphatic rings. The van der Waals surface area contributed by atoms with E-state index in [9.17, 15) is 9.59 Å². The maximum atomic E-state index is 11.1. The van der Waals surface area contributed by atoms with Gasteiger partial charge in [0, 0.05) is 5.56 Å². The van der Waals surface area contributed by atoms with Crippen molar-refractivity contribution < 1.29 is 62.4 Å². The Morgan fingerprint density at radius 3 is 2.50 bits per heavy atom. The maximum Gasteiger partial charge on any atom is 1.00 e. The number of primary amides is 1. The van der Waals surface area contributed by atoms with Crippen molar-refractivity contribution in [1.29, 1.82) is 0 Å². The van der Waals surface area contributed by atoms with Crippen LogP contribution in [0.4, 0.5) is 0 Å². The fraction of sp³-hybridized carbons (Fsp3) is 0. The van der Waals surface area contributed by atoms with Crippen LogP contribution in [0.15, 0.2) is 36.4 Å². The molecule has 0 aromatic heterocycles. The van der Waals surface area contributed by atoms with Gasteiger partial charge in [0.15, 0.2) is 6.29 Å². The zero-order valence-electron chi connectivity index (χ0n) is 9.94. The summed E-state index contributed by atoms with van der Waals surface area (Å²) in [5.74, 6) is -0.581. The first kappa shape index (κ1) is 13.5. The van der Waals surface area contributed by atoms with E-state index in [1.165, 1.54) is 0 Å². The fourth-order valence-corrected chi connectivity index (χ4v) is 1.64. The van der Waals surface area contributed by atoms with Gasteiger partial charge in [0.2, 0.25) is 5.91 Å². The predicted octanol–water partition coefficient (Wildman–Crippen LogP) is -1.13. The van der Waals surface area contributed by atoms with Crippen LogP contribution in [0.3, 0.4) is 0 Å². The van der Waals surface area contributed by atoms with Crippen molar-refractivity contribution in [2.45, 2.75) is 0 Å². The number of nitrogens with two attached hydrogens (primary N) is 1. The zero-order valence-corrected chi connectivity index (χ0v) is 12.1. The summed E-state index contributed by atoms with van der Waals surface area (Å²) in [4.78, 5) is 22.0. The first-order chi connectivity index (χ1) is 7.24. The molecule has 4 heteroatoms. The molecule has 2 aromatic rings. The molecular formula is C12H10KNO2. The van der Waals surface area contributed by atoms with E-state index in [2.05, 4.69) is 0 Å². The Morgan fingerprint density at radius 2 is 1.88 bits per heavy atom. The van der Waals surface area contributed by atoms with Gasteiger partial charge in [0.1, 0.15) is 0 Å². The molecule has 0 saturated heterocycles. The number of rotatable bonds is 2. The van der Waals surface area contributed by atoms with Gasteiger partial charge < -0.3 is 7.16 Å². The summed E-state index contributed by atoms with van der Waals surface area (Å²) in [6.45, 7) is 0. The van der Waals surface area contributed by atoms with Crippen molar-refractivity contribution in [3.05, 3.63) is 47.5 Å². The van der Waals surface area contributed by atoms with E-state index < -0.39 is 5.91 Å². The monoisotopic (exact) mass is 239 g/mol. The van der Waals surface area contributed by atoms with E-state index in [4.69, 9.17) is 5.73 Å². The van der Waals surface area contributed by atoms with Crippen molar-refractivity contribution in [2.75, 3.05) is 0 Å². The molecule has 76 valence electrons. The van der Waals surface area contributed by atoms with Crippen LogP contribution in [-0.2, 0) is 0 Å². The molecule has 0 fully saturated rings. The minimum absolute atomic E-state index is 0. The summed E-state index contributed by atoms with van der Waals surface area (Å²) in [5, 5.41) is 1.67. The van der Waals surface area contributed by atoms with Gasteiger partial charge in [-0.05, 0) is 16.8 Å². The molecule has 0 bridgehead atoms. The van der Waals surface area contributed by atoms with E-state index in [0.717, 1.165) is 10.8 Å². The van der Waals surface area contributed by atoms with Crippen molar-refractivity contribution in [3.8, 4) is 0 Å². The average molecular weight is 239 g/mol. The Bertz CT molecular complexity index is 557. The third-order valence-electron chi connectivity index (χ3n) is 2.35. The number of carbonyl (C=O) groups excluding carboxylic acids is 2. The number of hydrogen-bond donors (Lipinski definition) is 1. The van der Waals surface area contributed by atoms with Gasteiger partial charge in [-0.25, -0.2) is 0 Å². The van der Waals surface area contributed by atoms with Crippen LogP contribution in [-0.4, -0.2) is 12.2 Å². The predicted molar refractivity (Wildman–Crippen MR) is 59.0 cm³/mol. The second kappa shape index (κ2) is 5.70. The number of amides is 1. The summed E-state index contributed by atoms with van der Waals surface area (Å²) < 4.78 is 0.